The van der Waals surface area contributed by atoms with Crippen LogP contribution in [0.15, 0.2) is 132 Å². The molecule has 1 unspecified atom stereocenters. The SMILES string of the molecule is CCN([C@@H](Cc1ccccc1Cl)C(=O)NC1(C(=O)N(C)[C@H](C(=O)N(C)[C@@H](CC(=O)OC(c2ccccc2)(c2ccc(C3CCCCCCCCCCCCCCC3)cc2)c2ccccc2Cl)C(=O)N2CCCCC2)C(C)C)CCCC1)S(=O)(=O)c1ccccc1[N+](=O)[O-]. The maximum atomic E-state index is 15.7. The number of amides is 4. The maximum absolute atomic E-state index is 15.7. The van der Waals surface area contributed by atoms with Crippen LogP contribution in [-0.2, 0) is 50.8 Å². The quantitative estimate of drug-likeness (QED) is 0.0301. The Morgan fingerprint density at radius 3 is 1.73 bits per heavy atom. The number of nitrogens with one attached hydrogen (secondary N) is 1. The highest BCUT2D eigenvalue weighted by Crippen LogP contribution is 2.45. The summed E-state index contributed by atoms with van der Waals surface area (Å²) in [6.45, 7) is 5.61. The summed E-state index contributed by atoms with van der Waals surface area (Å²) in [6.07, 6.45) is 21.4. The molecule has 1 saturated heterocycles. The van der Waals surface area contributed by atoms with Crippen molar-refractivity contribution >= 4 is 68.5 Å². The standard InChI is InChI=1S/C74H96Cl2N6O10S/c1-6-81(93(90,91)66-43-29-28-42-63(66)82(88)89)64(52-57-36-24-26-40-61(57)75)69(84)77-73(48-30-31-49-73)72(87)79(5)68(54(2)3)71(86)78(4)65(70(85)80-50-32-19-33-51-80)53-67(83)92-74(58-37-22-18-23-38-58,60-39-25-27-41-62(60)76)59-46-44-56(45-47-59)55-34-20-16-14-12-10-8-7-9-11-13-15-17-21-35-55/h18,22-29,36-47,54-55,64-65,68H,6-17,19-21,30-35,48-53H2,1-5H3,(H,77,84)/t64-,65-,68-,74?/m0/s1. The predicted octanol–water partition coefficient (Wildman–Crippen LogP) is 15.1. The van der Waals surface area contributed by atoms with E-state index in [-0.39, 0.29) is 30.8 Å². The lowest BCUT2D eigenvalue weighted by Gasteiger charge is -2.42. The number of ether oxygens (including phenoxy) is 1. The van der Waals surface area contributed by atoms with E-state index >= 15 is 24.0 Å². The minimum Gasteiger partial charge on any atom is -0.444 e. The summed E-state index contributed by atoms with van der Waals surface area (Å²) in [5.74, 6) is -3.54. The lowest BCUT2D eigenvalue weighted by atomic mass is 9.78. The number of hydrogen-bond donors (Lipinski definition) is 1. The number of likely N-dealkylation sites (tertiary alicyclic amines) is 1. The maximum Gasteiger partial charge on any atom is 0.310 e. The van der Waals surface area contributed by atoms with Crippen LogP contribution in [0.1, 0.15) is 202 Å². The van der Waals surface area contributed by atoms with Gasteiger partial charge in [-0.2, -0.15) is 4.31 Å². The van der Waals surface area contributed by atoms with E-state index < -0.39 is 96.7 Å². The third kappa shape index (κ3) is 17.6. The molecule has 0 aromatic heterocycles. The zero-order valence-corrected chi connectivity index (χ0v) is 57.4. The summed E-state index contributed by atoms with van der Waals surface area (Å²) in [7, 11) is -1.81. The van der Waals surface area contributed by atoms with Crippen LogP contribution in [0, 0.1) is 16.0 Å². The Kier molecular flexibility index (Phi) is 26.5. The van der Waals surface area contributed by atoms with Crippen LogP contribution in [0.4, 0.5) is 5.69 Å². The van der Waals surface area contributed by atoms with Gasteiger partial charge < -0.3 is 24.8 Å². The third-order valence-electron chi connectivity index (χ3n) is 19.6. The van der Waals surface area contributed by atoms with Crippen LogP contribution in [0.25, 0.3) is 0 Å². The number of rotatable bonds is 22. The molecule has 3 fully saturated rings. The summed E-state index contributed by atoms with van der Waals surface area (Å²) in [4.78, 5) is 92.4. The monoisotopic (exact) mass is 1330 g/mol. The Morgan fingerprint density at radius 2 is 1.17 bits per heavy atom. The van der Waals surface area contributed by atoms with Gasteiger partial charge in [-0.15, -0.1) is 0 Å². The van der Waals surface area contributed by atoms with E-state index in [0.29, 0.717) is 59.1 Å². The summed E-state index contributed by atoms with van der Waals surface area (Å²) in [5, 5.41) is 15.8. The Bertz CT molecular complexity index is 3420. The Hall–Kier alpha value is -6.66. The summed E-state index contributed by atoms with van der Waals surface area (Å²) in [6, 6.07) is 32.5. The van der Waals surface area contributed by atoms with Crippen molar-refractivity contribution in [3.8, 4) is 0 Å². The van der Waals surface area contributed by atoms with Gasteiger partial charge in [0.2, 0.25) is 23.6 Å². The number of nitrogens with zero attached hydrogens (tertiary/aromatic N) is 5. The number of esters is 1. The number of para-hydroxylation sites is 1. The molecule has 5 aromatic rings. The lowest BCUT2D eigenvalue weighted by Crippen LogP contribution is -2.65. The van der Waals surface area contributed by atoms with Crippen molar-refractivity contribution in [1.29, 1.82) is 0 Å². The van der Waals surface area contributed by atoms with E-state index in [2.05, 4.69) is 17.4 Å². The van der Waals surface area contributed by atoms with Crippen LogP contribution >= 0.6 is 23.2 Å². The molecule has 19 heteroatoms. The second-order valence-electron chi connectivity index (χ2n) is 26.2. The molecule has 2 aliphatic carbocycles. The number of piperidine rings is 1. The smallest absolute Gasteiger partial charge is 0.310 e. The van der Waals surface area contributed by atoms with Crippen LogP contribution < -0.4 is 5.32 Å². The number of nitro benzene ring substituents is 1. The average molecular weight is 1330 g/mol. The molecule has 1 aliphatic heterocycles. The predicted molar refractivity (Wildman–Crippen MR) is 366 cm³/mol. The lowest BCUT2D eigenvalue weighted by molar-refractivity contribution is -0.387. The van der Waals surface area contributed by atoms with Gasteiger partial charge in [-0.05, 0) is 92.5 Å². The van der Waals surface area contributed by atoms with E-state index in [1.54, 1.807) is 49.1 Å². The van der Waals surface area contributed by atoms with E-state index in [1.165, 1.54) is 119 Å². The molecule has 502 valence electrons. The second-order valence-corrected chi connectivity index (χ2v) is 28.8. The number of nitro groups is 1. The average Bonchev–Trinajstić information content (AvgIpc) is 0.858. The number of carbonyl (C=O) groups excluding carboxylic acids is 5. The van der Waals surface area contributed by atoms with Crippen LogP contribution in [0.2, 0.25) is 10.0 Å². The van der Waals surface area contributed by atoms with Crippen molar-refractivity contribution in [2.45, 2.75) is 215 Å². The first kappa shape index (κ1) is 72.2. The normalized spacial score (nSPS) is 18.1. The Morgan fingerprint density at radius 1 is 0.656 bits per heavy atom. The largest absolute Gasteiger partial charge is 0.444 e. The van der Waals surface area contributed by atoms with Gasteiger partial charge in [0.1, 0.15) is 23.7 Å². The highest BCUT2D eigenvalue weighted by molar-refractivity contribution is 7.89. The molecule has 3 aliphatic rings. The fourth-order valence-electron chi connectivity index (χ4n) is 14.5. The Balaban J connectivity index is 1.11. The number of hydrogen-bond acceptors (Lipinski definition) is 10. The molecule has 16 nitrogen and oxygen atoms in total. The zero-order chi connectivity index (χ0) is 66.7. The van der Waals surface area contributed by atoms with Gasteiger partial charge in [-0.1, -0.05) is 243 Å². The van der Waals surface area contributed by atoms with E-state index in [0.717, 1.165) is 61.4 Å². The molecule has 4 amide bonds. The summed E-state index contributed by atoms with van der Waals surface area (Å²) >= 11 is 13.9. The summed E-state index contributed by atoms with van der Waals surface area (Å²) in [5.41, 5.74) is -0.507. The Labute approximate surface area is 561 Å². The molecule has 8 rings (SSSR count). The van der Waals surface area contributed by atoms with Crippen molar-refractivity contribution in [1.82, 2.24) is 24.3 Å². The summed E-state index contributed by atoms with van der Waals surface area (Å²) < 4.78 is 37.3. The first-order chi connectivity index (χ1) is 44.7. The number of benzene rings is 5. The van der Waals surface area contributed by atoms with Gasteiger partial charge in [0.05, 0.1) is 11.3 Å². The van der Waals surface area contributed by atoms with Crippen molar-refractivity contribution < 1.29 is 42.1 Å². The van der Waals surface area contributed by atoms with Crippen LogP contribution in [0.3, 0.4) is 0 Å². The molecule has 5 aromatic carbocycles. The van der Waals surface area contributed by atoms with Gasteiger partial charge in [-0.25, -0.2) is 8.42 Å². The first-order valence-corrected chi connectivity index (χ1v) is 36.2. The molecule has 1 heterocycles. The van der Waals surface area contributed by atoms with E-state index in [1.807, 2.05) is 60.7 Å². The van der Waals surface area contributed by atoms with Gasteiger partial charge in [0.15, 0.2) is 10.5 Å². The van der Waals surface area contributed by atoms with Crippen molar-refractivity contribution in [3.05, 3.63) is 175 Å². The van der Waals surface area contributed by atoms with Crippen LogP contribution in [-0.4, -0.2) is 119 Å². The van der Waals surface area contributed by atoms with E-state index in [4.69, 9.17) is 27.9 Å². The highest BCUT2D eigenvalue weighted by atomic mass is 35.5. The zero-order valence-electron chi connectivity index (χ0n) is 55.1. The number of carbonyl (C=O) groups is 5. The molecule has 0 spiro atoms. The van der Waals surface area contributed by atoms with Gasteiger partial charge in [0.25, 0.3) is 15.7 Å². The fraction of sp³-hybridized carbons (Fsp3) is 0.527. The molecule has 4 atom stereocenters. The number of likely N-dealkylation sites (N-methyl/N-ethyl adjacent to an activating group) is 3. The minimum atomic E-state index is -4.77. The van der Waals surface area contributed by atoms with Gasteiger partial charge in [-0.3, -0.25) is 34.1 Å². The number of halogens is 2. The molecule has 93 heavy (non-hydrogen) atoms. The topological polar surface area (TPSA) is 197 Å². The third-order valence-corrected chi connectivity index (χ3v) is 22.3. The van der Waals surface area contributed by atoms with Crippen molar-refractivity contribution in [3.63, 3.8) is 0 Å². The number of sulfonamides is 1. The molecule has 0 bridgehead atoms. The van der Waals surface area contributed by atoms with Gasteiger partial charge >= 0.3 is 5.97 Å². The van der Waals surface area contributed by atoms with E-state index in [9.17, 15) is 18.5 Å². The molecular weight excluding hydrogens is 1240 g/mol. The molecule has 1 N–H and O–H groups in total. The first-order valence-electron chi connectivity index (χ1n) is 34.0. The minimum absolute atomic E-state index is 0.137. The molecule has 0 radical (unpaired) electrons. The van der Waals surface area contributed by atoms with Crippen molar-refractivity contribution in [2.24, 2.45) is 5.92 Å². The fourth-order valence-corrected chi connectivity index (χ4v) is 16.7. The van der Waals surface area contributed by atoms with Crippen molar-refractivity contribution in [2.75, 3.05) is 33.7 Å². The second kappa shape index (κ2) is 34.1. The van der Waals surface area contributed by atoms with Crippen LogP contribution in [0.5, 0.6) is 0 Å². The molecule has 2 saturated carbocycles. The van der Waals surface area contributed by atoms with Gasteiger partial charge in [0, 0.05) is 66.5 Å². The highest BCUT2D eigenvalue weighted by Gasteiger charge is 2.51. The molecular formula is C74H96Cl2N6O10S.